The van der Waals surface area contributed by atoms with Crippen LogP contribution in [0.5, 0.6) is 5.75 Å². The van der Waals surface area contributed by atoms with Gasteiger partial charge in [0.15, 0.2) is 0 Å². The van der Waals surface area contributed by atoms with Gasteiger partial charge in [-0.05, 0) is 24.3 Å². The van der Waals surface area contributed by atoms with E-state index in [0.29, 0.717) is 17.3 Å². The summed E-state index contributed by atoms with van der Waals surface area (Å²) in [6.45, 7) is 5.53. The van der Waals surface area contributed by atoms with Crippen LogP contribution in [0.4, 0.5) is 0 Å². The number of ether oxygens (including phenoxy) is 1. The molecule has 0 radical (unpaired) electrons. The lowest BCUT2D eigenvalue weighted by Crippen LogP contribution is -3.00. The molecular formula is C15H23Cl2N2O3-. The fourth-order valence-corrected chi connectivity index (χ4v) is 2.54. The van der Waals surface area contributed by atoms with Gasteiger partial charge in [0.1, 0.15) is 18.5 Å². The van der Waals surface area contributed by atoms with E-state index < -0.39 is 6.10 Å². The molecule has 0 amide bonds. The first-order valence-corrected chi connectivity index (χ1v) is 7.67. The third-order valence-corrected chi connectivity index (χ3v) is 3.86. The molecule has 2 N–H and O–H groups in total. The zero-order valence-electron chi connectivity index (χ0n) is 12.5. The third-order valence-electron chi connectivity index (χ3n) is 3.61. The highest BCUT2D eigenvalue weighted by Crippen LogP contribution is 2.15. The highest BCUT2D eigenvalue weighted by molar-refractivity contribution is 6.30. The second kappa shape index (κ2) is 10.3. The van der Waals surface area contributed by atoms with Gasteiger partial charge in [-0.25, -0.2) is 0 Å². The molecule has 7 heteroatoms. The molecule has 22 heavy (non-hydrogen) atoms. The predicted molar refractivity (Wildman–Crippen MR) is 82.9 cm³/mol. The molecule has 2 rings (SSSR count). The Labute approximate surface area is 142 Å². The van der Waals surface area contributed by atoms with Gasteiger partial charge >= 0.3 is 0 Å². The number of benzene rings is 1. The van der Waals surface area contributed by atoms with Crippen molar-refractivity contribution in [1.82, 2.24) is 9.80 Å². The quantitative estimate of drug-likeness (QED) is 0.579. The van der Waals surface area contributed by atoms with Crippen molar-refractivity contribution in [2.75, 3.05) is 52.5 Å². The standard InChI is InChI=1S/C15H23ClN2O3.ClH/c16-13-1-3-15(4-2-13)21-12-14(20)11-18-7-5-17(6-8-18)9-10-19;/h1-4,14,19-20H,5-12H2;1H/p-1. The topological polar surface area (TPSA) is 56.2 Å². The first-order chi connectivity index (χ1) is 10.2. The Kier molecular flexibility index (Phi) is 9.09. The molecule has 1 heterocycles. The number of nitrogens with zero attached hydrogens (tertiary/aromatic N) is 2. The van der Waals surface area contributed by atoms with Gasteiger partial charge in [-0.2, -0.15) is 0 Å². The summed E-state index contributed by atoms with van der Waals surface area (Å²) in [4.78, 5) is 4.46. The van der Waals surface area contributed by atoms with Gasteiger partial charge in [-0.15, -0.1) is 0 Å². The molecular weight excluding hydrogens is 327 g/mol. The minimum atomic E-state index is -0.509. The van der Waals surface area contributed by atoms with Crippen molar-refractivity contribution < 1.29 is 27.4 Å². The van der Waals surface area contributed by atoms with Crippen molar-refractivity contribution in [3.05, 3.63) is 29.3 Å². The van der Waals surface area contributed by atoms with Gasteiger partial charge in [0.05, 0.1) is 6.61 Å². The summed E-state index contributed by atoms with van der Waals surface area (Å²) >= 11 is 5.81. The van der Waals surface area contributed by atoms with E-state index in [2.05, 4.69) is 9.80 Å². The predicted octanol–water partition coefficient (Wildman–Crippen LogP) is -2.31. The fourth-order valence-electron chi connectivity index (χ4n) is 2.41. The Morgan fingerprint density at radius 2 is 1.68 bits per heavy atom. The Bertz CT molecular complexity index is 412. The molecule has 0 spiro atoms. The van der Waals surface area contributed by atoms with Crippen molar-refractivity contribution in [1.29, 1.82) is 0 Å². The number of β-amino-alcohol motifs (C(OH)–C–C–N with tert-alkyl or cyclic N) is 2. The molecule has 1 atom stereocenters. The maximum atomic E-state index is 10.0. The van der Waals surface area contributed by atoms with Crippen LogP contribution in [-0.4, -0.2) is 78.6 Å². The van der Waals surface area contributed by atoms with Crippen LogP contribution in [0, 0.1) is 0 Å². The maximum absolute atomic E-state index is 10.0. The lowest BCUT2D eigenvalue weighted by Gasteiger charge is -2.35. The van der Waals surface area contributed by atoms with Gasteiger partial charge in [-0.3, -0.25) is 9.80 Å². The Morgan fingerprint density at radius 1 is 1.09 bits per heavy atom. The van der Waals surface area contributed by atoms with Crippen molar-refractivity contribution in [3.8, 4) is 5.75 Å². The molecule has 1 unspecified atom stereocenters. The van der Waals surface area contributed by atoms with Crippen molar-refractivity contribution in [3.63, 3.8) is 0 Å². The summed E-state index contributed by atoms with van der Waals surface area (Å²) in [7, 11) is 0. The van der Waals surface area contributed by atoms with Crippen LogP contribution in [0.2, 0.25) is 5.02 Å². The van der Waals surface area contributed by atoms with Crippen molar-refractivity contribution in [2.24, 2.45) is 0 Å². The average molecular weight is 350 g/mol. The third kappa shape index (κ3) is 6.69. The lowest BCUT2D eigenvalue weighted by molar-refractivity contribution is -0.00000756. The fraction of sp³-hybridized carbons (Fsp3) is 0.600. The molecule has 1 aromatic carbocycles. The van der Waals surface area contributed by atoms with Gasteiger partial charge in [0, 0.05) is 44.3 Å². The van der Waals surface area contributed by atoms with Gasteiger partial charge < -0.3 is 27.4 Å². The summed E-state index contributed by atoms with van der Waals surface area (Å²) in [5.41, 5.74) is 0. The van der Waals surface area contributed by atoms with Crippen LogP contribution in [-0.2, 0) is 0 Å². The van der Waals surface area contributed by atoms with Crippen LogP contribution in [0.25, 0.3) is 0 Å². The lowest BCUT2D eigenvalue weighted by atomic mass is 10.2. The second-order valence-corrected chi connectivity index (χ2v) is 5.72. The van der Waals surface area contributed by atoms with E-state index in [1.54, 1.807) is 24.3 Å². The maximum Gasteiger partial charge on any atom is 0.119 e. The number of piperazine rings is 1. The molecule has 0 aromatic heterocycles. The number of hydrogen-bond donors (Lipinski definition) is 2. The van der Waals surface area contributed by atoms with Crippen LogP contribution in [0.3, 0.4) is 0 Å². The Morgan fingerprint density at radius 3 is 2.27 bits per heavy atom. The largest absolute Gasteiger partial charge is 1.00 e. The Balaban J connectivity index is 0.00000242. The van der Waals surface area contributed by atoms with Crippen LogP contribution in [0.1, 0.15) is 0 Å². The normalized spacial score (nSPS) is 17.8. The van der Waals surface area contributed by atoms with Crippen molar-refractivity contribution >= 4 is 11.6 Å². The first-order valence-electron chi connectivity index (χ1n) is 7.29. The Hall–Kier alpha value is -0.560. The molecule has 5 nitrogen and oxygen atoms in total. The van der Waals surface area contributed by atoms with E-state index in [9.17, 15) is 5.11 Å². The van der Waals surface area contributed by atoms with Crippen LogP contribution in [0.15, 0.2) is 24.3 Å². The summed E-state index contributed by atoms with van der Waals surface area (Å²) in [5, 5.41) is 19.6. The molecule has 1 aliphatic rings. The van der Waals surface area contributed by atoms with E-state index in [0.717, 1.165) is 32.7 Å². The van der Waals surface area contributed by atoms with Gasteiger partial charge in [-0.1, -0.05) is 11.6 Å². The zero-order chi connectivity index (χ0) is 15.1. The molecule has 0 bridgehead atoms. The molecule has 1 aliphatic heterocycles. The molecule has 1 fully saturated rings. The summed E-state index contributed by atoms with van der Waals surface area (Å²) in [6.07, 6.45) is -0.509. The molecule has 0 aliphatic carbocycles. The molecule has 1 aromatic rings. The highest BCUT2D eigenvalue weighted by atomic mass is 35.5. The minimum absolute atomic E-state index is 0. The van der Waals surface area contributed by atoms with Crippen molar-refractivity contribution in [2.45, 2.75) is 6.10 Å². The van der Waals surface area contributed by atoms with Crippen LogP contribution >= 0.6 is 11.6 Å². The summed E-state index contributed by atoms with van der Waals surface area (Å²) in [6, 6.07) is 7.12. The van der Waals surface area contributed by atoms with Gasteiger partial charge in [0.2, 0.25) is 0 Å². The average Bonchev–Trinajstić information content (AvgIpc) is 2.49. The van der Waals surface area contributed by atoms with E-state index in [1.807, 2.05) is 0 Å². The monoisotopic (exact) mass is 349 g/mol. The van der Waals surface area contributed by atoms with E-state index in [-0.39, 0.29) is 25.6 Å². The number of aliphatic hydroxyl groups excluding tert-OH is 2. The molecule has 1 saturated heterocycles. The van der Waals surface area contributed by atoms with E-state index >= 15 is 0 Å². The summed E-state index contributed by atoms with van der Waals surface area (Å²) in [5.74, 6) is 0.714. The zero-order valence-corrected chi connectivity index (χ0v) is 14.0. The van der Waals surface area contributed by atoms with E-state index in [4.69, 9.17) is 21.4 Å². The second-order valence-electron chi connectivity index (χ2n) is 5.28. The minimum Gasteiger partial charge on any atom is -1.00 e. The SMILES string of the molecule is OCCN1CCN(CC(O)COc2ccc(Cl)cc2)CC1.[Cl-]. The van der Waals surface area contributed by atoms with E-state index in [1.165, 1.54) is 0 Å². The number of halogens is 2. The molecule has 126 valence electrons. The summed E-state index contributed by atoms with van der Waals surface area (Å²) < 4.78 is 5.55. The van der Waals surface area contributed by atoms with Gasteiger partial charge in [0.25, 0.3) is 0 Å². The number of rotatable bonds is 7. The highest BCUT2D eigenvalue weighted by Gasteiger charge is 2.19. The molecule has 0 saturated carbocycles. The number of aliphatic hydroxyl groups is 2. The number of hydrogen-bond acceptors (Lipinski definition) is 5. The van der Waals surface area contributed by atoms with Crippen LogP contribution < -0.4 is 17.1 Å². The smallest absolute Gasteiger partial charge is 0.119 e. The first kappa shape index (κ1) is 19.5.